The molecule has 0 radical (unpaired) electrons. The van der Waals surface area contributed by atoms with Crippen molar-refractivity contribution in [1.29, 1.82) is 0 Å². The Morgan fingerprint density at radius 1 is 1.23 bits per heavy atom. The summed E-state index contributed by atoms with van der Waals surface area (Å²) in [6, 6.07) is 5.61. The van der Waals surface area contributed by atoms with Crippen LogP contribution in [0.3, 0.4) is 0 Å². The number of anilines is 1. The largest absolute Gasteiger partial charge is 0.478 e. The number of hydrogen-bond donors (Lipinski definition) is 4. The Bertz CT molecular complexity index is 580. The third kappa shape index (κ3) is 5.25. The Labute approximate surface area is 126 Å². The molecule has 0 saturated heterocycles. The molecule has 1 aromatic carbocycles. The summed E-state index contributed by atoms with van der Waals surface area (Å²) < 4.78 is 4.46. The summed E-state index contributed by atoms with van der Waals surface area (Å²) in [6.07, 6.45) is 0.956. The summed E-state index contributed by atoms with van der Waals surface area (Å²) in [5.41, 5.74) is 0.413. The first-order valence-corrected chi connectivity index (χ1v) is 6.27. The van der Waals surface area contributed by atoms with E-state index in [0.717, 1.165) is 6.08 Å². The van der Waals surface area contributed by atoms with Crippen molar-refractivity contribution in [2.45, 2.75) is 0 Å². The number of rotatable bonds is 7. The monoisotopic (exact) mass is 308 g/mol. The lowest BCUT2D eigenvalue weighted by Crippen LogP contribution is -2.31. The van der Waals surface area contributed by atoms with Gasteiger partial charge in [0.05, 0.1) is 25.4 Å². The van der Waals surface area contributed by atoms with Gasteiger partial charge in [-0.1, -0.05) is 0 Å². The number of carbonyl (C=O) groups is 3. The molecule has 0 aliphatic heterocycles. The van der Waals surface area contributed by atoms with E-state index in [4.69, 9.17) is 10.2 Å². The van der Waals surface area contributed by atoms with Crippen LogP contribution in [0.5, 0.6) is 0 Å². The number of benzene rings is 1. The van der Waals surface area contributed by atoms with E-state index in [2.05, 4.69) is 15.4 Å². The van der Waals surface area contributed by atoms with Crippen LogP contribution in [0.2, 0.25) is 0 Å². The van der Waals surface area contributed by atoms with Crippen molar-refractivity contribution in [1.82, 2.24) is 5.32 Å². The number of aliphatic hydroxyl groups is 1. The molecule has 1 aromatic rings. The number of amides is 1. The SMILES string of the molecule is COC(=O)/C=C(/Nc1ccc(C(=O)O)cc1)C(=O)NCCO. The minimum Gasteiger partial charge on any atom is -0.478 e. The second-order valence-corrected chi connectivity index (χ2v) is 4.07. The molecule has 0 atom stereocenters. The first-order valence-electron chi connectivity index (χ1n) is 6.27. The van der Waals surface area contributed by atoms with Crippen LogP contribution in [-0.2, 0) is 14.3 Å². The maximum atomic E-state index is 11.9. The van der Waals surface area contributed by atoms with Crippen LogP contribution in [0.25, 0.3) is 0 Å². The van der Waals surface area contributed by atoms with Gasteiger partial charge >= 0.3 is 11.9 Å². The third-order valence-electron chi connectivity index (χ3n) is 2.52. The molecule has 118 valence electrons. The minimum atomic E-state index is -1.07. The van der Waals surface area contributed by atoms with Crippen molar-refractivity contribution in [2.75, 3.05) is 25.6 Å². The second kappa shape index (κ2) is 8.42. The molecular weight excluding hydrogens is 292 g/mol. The van der Waals surface area contributed by atoms with Crippen molar-refractivity contribution in [3.05, 3.63) is 41.6 Å². The van der Waals surface area contributed by atoms with Crippen molar-refractivity contribution >= 4 is 23.5 Å². The number of aliphatic hydroxyl groups excluding tert-OH is 1. The Balaban J connectivity index is 2.92. The number of nitrogens with one attached hydrogen (secondary N) is 2. The smallest absolute Gasteiger partial charge is 0.335 e. The summed E-state index contributed by atoms with van der Waals surface area (Å²) in [5.74, 6) is -2.41. The van der Waals surface area contributed by atoms with E-state index < -0.39 is 17.8 Å². The molecule has 0 unspecified atom stereocenters. The molecule has 0 aromatic heterocycles. The van der Waals surface area contributed by atoms with E-state index in [-0.39, 0.29) is 24.4 Å². The van der Waals surface area contributed by atoms with Crippen LogP contribution in [0.1, 0.15) is 10.4 Å². The predicted octanol–water partition coefficient (Wildman–Crippen LogP) is -0.0379. The average Bonchev–Trinajstić information content (AvgIpc) is 2.52. The molecule has 0 saturated carbocycles. The lowest BCUT2D eigenvalue weighted by molar-refractivity contribution is -0.135. The fourth-order valence-electron chi connectivity index (χ4n) is 1.45. The molecule has 8 heteroatoms. The summed E-state index contributed by atoms with van der Waals surface area (Å²) >= 11 is 0. The predicted molar refractivity (Wildman–Crippen MR) is 77.2 cm³/mol. The lowest BCUT2D eigenvalue weighted by atomic mass is 10.2. The number of aromatic carboxylic acids is 1. The topological polar surface area (TPSA) is 125 Å². The van der Waals surface area contributed by atoms with Gasteiger partial charge < -0.3 is 25.6 Å². The Hall–Kier alpha value is -2.87. The molecule has 0 fully saturated rings. The van der Waals surface area contributed by atoms with Gasteiger partial charge in [0.1, 0.15) is 5.70 Å². The van der Waals surface area contributed by atoms with Gasteiger partial charge in [-0.25, -0.2) is 9.59 Å². The van der Waals surface area contributed by atoms with Gasteiger partial charge in [-0.2, -0.15) is 0 Å². The molecule has 22 heavy (non-hydrogen) atoms. The minimum absolute atomic E-state index is 0.0248. The van der Waals surface area contributed by atoms with Crippen molar-refractivity contribution in [3.8, 4) is 0 Å². The van der Waals surface area contributed by atoms with E-state index in [9.17, 15) is 14.4 Å². The van der Waals surface area contributed by atoms with Gasteiger partial charge in [-0.3, -0.25) is 4.79 Å². The maximum Gasteiger partial charge on any atom is 0.335 e. The van der Waals surface area contributed by atoms with Crippen molar-refractivity contribution in [2.24, 2.45) is 0 Å². The molecule has 0 heterocycles. The molecule has 0 aliphatic carbocycles. The number of hydrogen-bond acceptors (Lipinski definition) is 6. The number of methoxy groups -OCH3 is 1. The third-order valence-corrected chi connectivity index (χ3v) is 2.52. The summed E-state index contributed by atoms with van der Waals surface area (Å²) in [7, 11) is 1.17. The Morgan fingerprint density at radius 2 is 1.86 bits per heavy atom. The zero-order valence-electron chi connectivity index (χ0n) is 11.8. The van der Waals surface area contributed by atoms with Crippen LogP contribution >= 0.6 is 0 Å². The van der Waals surface area contributed by atoms with Crippen molar-refractivity contribution < 1.29 is 29.3 Å². The highest BCUT2D eigenvalue weighted by Crippen LogP contribution is 2.12. The Morgan fingerprint density at radius 3 is 2.36 bits per heavy atom. The van der Waals surface area contributed by atoms with Gasteiger partial charge in [0.25, 0.3) is 5.91 Å². The van der Waals surface area contributed by atoms with Crippen molar-refractivity contribution in [3.63, 3.8) is 0 Å². The van der Waals surface area contributed by atoms with Gasteiger partial charge in [0, 0.05) is 12.2 Å². The highest BCUT2D eigenvalue weighted by molar-refractivity contribution is 6.01. The van der Waals surface area contributed by atoms with E-state index >= 15 is 0 Å². The van der Waals surface area contributed by atoms with Crippen LogP contribution < -0.4 is 10.6 Å². The van der Waals surface area contributed by atoms with Crippen LogP contribution in [0, 0.1) is 0 Å². The fraction of sp³-hybridized carbons (Fsp3) is 0.214. The summed E-state index contributed by atoms with van der Waals surface area (Å²) in [5, 5.41) is 22.6. The van der Waals surface area contributed by atoms with E-state index in [1.165, 1.54) is 31.4 Å². The highest BCUT2D eigenvalue weighted by atomic mass is 16.5. The van der Waals surface area contributed by atoms with Crippen LogP contribution in [0.15, 0.2) is 36.0 Å². The Kier molecular flexibility index (Phi) is 6.58. The summed E-state index contributed by atoms with van der Waals surface area (Å²) in [4.78, 5) is 33.9. The van der Waals surface area contributed by atoms with E-state index in [1.807, 2.05) is 0 Å². The summed E-state index contributed by atoms with van der Waals surface area (Å²) in [6.45, 7) is -0.221. The lowest BCUT2D eigenvalue weighted by Gasteiger charge is -2.11. The number of carbonyl (C=O) groups excluding carboxylic acids is 2. The molecule has 1 amide bonds. The highest BCUT2D eigenvalue weighted by Gasteiger charge is 2.12. The first kappa shape index (κ1) is 17.2. The zero-order chi connectivity index (χ0) is 16.5. The molecule has 1 rings (SSSR count). The number of esters is 1. The zero-order valence-corrected chi connectivity index (χ0v) is 11.8. The number of carboxylic acids is 1. The fourth-order valence-corrected chi connectivity index (χ4v) is 1.45. The van der Waals surface area contributed by atoms with Gasteiger partial charge in [0.15, 0.2) is 0 Å². The standard InChI is InChI=1S/C14H16N2O6/c1-22-12(18)8-11(13(19)15-6-7-17)16-10-4-2-9(3-5-10)14(20)21/h2-5,8,16-17H,6-7H2,1H3,(H,15,19)(H,20,21)/b11-8+. The van der Waals surface area contributed by atoms with Gasteiger partial charge in [0.2, 0.25) is 0 Å². The van der Waals surface area contributed by atoms with Crippen LogP contribution in [-0.4, -0.2) is 48.3 Å². The molecule has 0 aliphatic rings. The van der Waals surface area contributed by atoms with E-state index in [1.54, 1.807) is 0 Å². The van der Waals surface area contributed by atoms with E-state index in [0.29, 0.717) is 5.69 Å². The molecule has 8 nitrogen and oxygen atoms in total. The number of carboxylic acid groups (broad SMARTS) is 1. The average molecular weight is 308 g/mol. The quantitative estimate of drug-likeness (QED) is 0.411. The second-order valence-electron chi connectivity index (χ2n) is 4.07. The van der Waals surface area contributed by atoms with Crippen LogP contribution in [0.4, 0.5) is 5.69 Å². The number of ether oxygens (including phenoxy) is 1. The molecule has 4 N–H and O–H groups in total. The normalized spacial score (nSPS) is 10.7. The van der Waals surface area contributed by atoms with Gasteiger partial charge in [-0.05, 0) is 24.3 Å². The molecule has 0 spiro atoms. The van der Waals surface area contributed by atoms with Gasteiger partial charge in [-0.15, -0.1) is 0 Å². The molecule has 0 bridgehead atoms. The first-order chi connectivity index (χ1) is 10.5. The molecular formula is C14H16N2O6. The maximum absolute atomic E-state index is 11.9.